The summed E-state index contributed by atoms with van der Waals surface area (Å²) in [6.45, 7) is 1.17. The average Bonchev–Trinajstić information content (AvgIpc) is 3.30. The number of amides is 1. The predicted octanol–water partition coefficient (Wildman–Crippen LogP) is 3.99. The largest absolute Gasteiger partial charge is 0.416 e. The number of nitrogens with zero attached hydrogens (tertiary/aromatic N) is 4. The van der Waals surface area contributed by atoms with E-state index >= 15 is 0 Å². The molecule has 4 rings (SSSR count). The molecule has 1 fully saturated rings. The third-order valence-electron chi connectivity index (χ3n) is 4.63. The molecule has 1 aliphatic heterocycles. The van der Waals surface area contributed by atoms with Gasteiger partial charge in [-0.05, 0) is 42.5 Å². The highest BCUT2D eigenvalue weighted by Gasteiger charge is 2.32. The van der Waals surface area contributed by atoms with Crippen LogP contribution in [0.15, 0.2) is 35.7 Å². The van der Waals surface area contributed by atoms with Gasteiger partial charge in [-0.15, -0.1) is 16.4 Å². The van der Waals surface area contributed by atoms with Crippen molar-refractivity contribution in [2.24, 2.45) is 0 Å². The van der Waals surface area contributed by atoms with E-state index in [2.05, 4.69) is 10.3 Å². The topological polar surface area (TPSA) is 51.0 Å². The third kappa shape index (κ3) is 3.07. The van der Waals surface area contributed by atoms with Gasteiger partial charge in [-0.25, -0.2) is 4.68 Å². The zero-order valence-electron chi connectivity index (χ0n) is 13.6. The molecule has 0 bridgehead atoms. The zero-order chi connectivity index (χ0) is 18.3. The Labute approximate surface area is 151 Å². The van der Waals surface area contributed by atoms with Gasteiger partial charge in [0.05, 0.1) is 22.0 Å². The molecule has 3 aromatic rings. The Balaban J connectivity index is 1.50. The molecule has 2 aromatic heterocycles. The van der Waals surface area contributed by atoms with Gasteiger partial charge in [0.15, 0.2) is 0 Å². The molecule has 0 saturated carbocycles. The van der Waals surface area contributed by atoms with E-state index in [1.165, 1.54) is 17.4 Å². The molecular weight excluding hydrogens is 365 g/mol. The molecule has 1 saturated heterocycles. The molecular formula is C17H15F3N4OS. The van der Waals surface area contributed by atoms with E-state index in [1.807, 2.05) is 22.4 Å². The summed E-state index contributed by atoms with van der Waals surface area (Å²) >= 11 is 1.42. The fourth-order valence-corrected chi connectivity index (χ4v) is 3.95. The van der Waals surface area contributed by atoms with Crippen LogP contribution in [0.4, 0.5) is 13.2 Å². The first kappa shape index (κ1) is 17.0. The Morgan fingerprint density at radius 3 is 2.62 bits per heavy atom. The normalized spacial score (nSPS) is 16.3. The molecule has 0 radical (unpaired) electrons. The highest BCUT2D eigenvalue weighted by molar-refractivity contribution is 7.12. The lowest BCUT2D eigenvalue weighted by molar-refractivity contribution is -0.137. The summed E-state index contributed by atoms with van der Waals surface area (Å²) in [5.74, 6) is 0.0247. The van der Waals surface area contributed by atoms with Crippen LogP contribution < -0.4 is 0 Å². The fourth-order valence-electron chi connectivity index (χ4n) is 3.26. The molecule has 0 spiro atoms. The van der Waals surface area contributed by atoms with Crippen molar-refractivity contribution in [1.29, 1.82) is 0 Å². The monoisotopic (exact) mass is 380 g/mol. The van der Waals surface area contributed by atoms with Crippen LogP contribution in [-0.2, 0) is 6.18 Å². The second kappa shape index (κ2) is 6.39. The number of carbonyl (C=O) groups excluding carboxylic acids is 1. The number of likely N-dealkylation sites (tertiary alicyclic amines) is 1. The molecule has 9 heteroatoms. The molecule has 1 aliphatic rings. The number of halogens is 3. The van der Waals surface area contributed by atoms with Gasteiger partial charge in [0.1, 0.15) is 5.52 Å². The van der Waals surface area contributed by atoms with Gasteiger partial charge >= 0.3 is 6.18 Å². The summed E-state index contributed by atoms with van der Waals surface area (Å²) < 4.78 is 40.1. The summed E-state index contributed by atoms with van der Waals surface area (Å²) in [5, 5.41) is 9.83. The van der Waals surface area contributed by atoms with Crippen LogP contribution in [0.2, 0.25) is 0 Å². The second-order valence-electron chi connectivity index (χ2n) is 6.24. The number of aromatic nitrogens is 3. The minimum Gasteiger partial charge on any atom is -0.338 e. The van der Waals surface area contributed by atoms with E-state index in [0.29, 0.717) is 36.3 Å². The first-order valence-electron chi connectivity index (χ1n) is 8.18. The summed E-state index contributed by atoms with van der Waals surface area (Å²) in [7, 11) is 0. The van der Waals surface area contributed by atoms with Gasteiger partial charge in [-0.2, -0.15) is 13.2 Å². The van der Waals surface area contributed by atoms with Gasteiger partial charge in [-0.3, -0.25) is 4.79 Å². The van der Waals surface area contributed by atoms with Gasteiger partial charge < -0.3 is 4.90 Å². The Morgan fingerprint density at radius 2 is 1.96 bits per heavy atom. The number of rotatable bonds is 2. The molecule has 1 aromatic carbocycles. The summed E-state index contributed by atoms with van der Waals surface area (Å²) in [6.07, 6.45) is -3.02. The Morgan fingerprint density at radius 1 is 1.19 bits per heavy atom. The maximum absolute atomic E-state index is 12.8. The van der Waals surface area contributed by atoms with Crippen LogP contribution in [-0.4, -0.2) is 38.9 Å². The van der Waals surface area contributed by atoms with Crippen molar-refractivity contribution in [1.82, 2.24) is 19.9 Å². The zero-order valence-corrected chi connectivity index (χ0v) is 14.4. The molecule has 5 nitrogen and oxygen atoms in total. The molecule has 3 heterocycles. The van der Waals surface area contributed by atoms with E-state index < -0.39 is 11.7 Å². The van der Waals surface area contributed by atoms with Crippen LogP contribution in [0.1, 0.15) is 34.1 Å². The standard InChI is InChI=1S/C17H15F3N4OS/c18-17(19,20)11-3-4-14-13(10-11)21-22-24(14)12-5-7-23(8-6-12)16(25)15-2-1-9-26-15/h1-4,9-10,12H,5-8H2. The highest BCUT2D eigenvalue weighted by Crippen LogP contribution is 2.32. The van der Waals surface area contributed by atoms with Gasteiger partial charge in [-0.1, -0.05) is 11.3 Å². The number of piperidine rings is 1. The first-order valence-corrected chi connectivity index (χ1v) is 9.06. The molecule has 0 atom stereocenters. The molecule has 1 amide bonds. The summed E-state index contributed by atoms with van der Waals surface area (Å²) in [5.41, 5.74) is 0.0892. The van der Waals surface area contributed by atoms with Crippen LogP contribution in [0, 0.1) is 0 Å². The number of hydrogen-bond donors (Lipinski definition) is 0. The molecule has 0 aliphatic carbocycles. The number of fused-ring (bicyclic) bond motifs is 1. The molecule has 0 N–H and O–H groups in total. The third-order valence-corrected chi connectivity index (χ3v) is 5.49. The number of alkyl halides is 3. The lowest BCUT2D eigenvalue weighted by Crippen LogP contribution is -2.38. The molecule has 26 heavy (non-hydrogen) atoms. The molecule has 0 unspecified atom stereocenters. The number of thiophene rings is 1. The van der Waals surface area contributed by atoms with E-state index in [9.17, 15) is 18.0 Å². The van der Waals surface area contributed by atoms with E-state index in [4.69, 9.17) is 0 Å². The average molecular weight is 380 g/mol. The minimum atomic E-state index is -4.40. The van der Waals surface area contributed by atoms with E-state index in [-0.39, 0.29) is 17.5 Å². The summed E-state index contributed by atoms with van der Waals surface area (Å²) in [6, 6.07) is 7.17. The minimum absolute atomic E-state index is 0.0177. The quantitative estimate of drug-likeness (QED) is 0.676. The lowest BCUT2D eigenvalue weighted by Gasteiger charge is -2.31. The van der Waals surface area contributed by atoms with E-state index in [1.54, 1.807) is 4.68 Å². The van der Waals surface area contributed by atoms with Crippen molar-refractivity contribution in [3.05, 3.63) is 46.2 Å². The van der Waals surface area contributed by atoms with Crippen molar-refractivity contribution in [3.8, 4) is 0 Å². The van der Waals surface area contributed by atoms with Crippen molar-refractivity contribution in [2.75, 3.05) is 13.1 Å². The lowest BCUT2D eigenvalue weighted by atomic mass is 10.0. The molecule has 136 valence electrons. The second-order valence-corrected chi connectivity index (χ2v) is 7.18. The predicted molar refractivity (Wildman–Crippen MR) is 91.0 cm³/mol. The van der Waals surface area contributed by atoms with Crippen LogP contribution in [0.3, 0.4) is 0 Å². The van der Waals surface area contributed by atoms with Gasteiger partial charge in [0.2, 0.25) is 0 Å². The van der Waals surface area contributed by atoms with Gasteiger partial charge in [0.25, 0.3) is 5.91 Å². The van der Waals surface area contributed by atoms with Crippen molar-refractivity contribution in [3.63, 3.8) is 0 Å². The van der Waals surface area contributed by atoms with Crippen LogP contribution >= 0.6 is 11.3 Å². The van der Waals surface area contributed by atoms with Crippen LogP contribution in [0.5, 0.6) is 0 Å². The van der Waals surface area contributed by atoms with E-state index in [0.717, 1.165) is 12.1 Å². The summed E-state index contributed by atoms with van der Waals surface area (Å²) in [4.78, 5) is 14.9. The van der Waals surface area contributed by atoms with Gasteiger partial charge in [0, 0.05) is 13.1 Å². The number of carbonyl (C=O) groups is 1. The SMILES string of the molecule is O=C(c1cccs1)N1CCC(n2nnc3cc(C(F)(F)F)ccc32)CC1. The van der Waals surface area contributed by atoms with Crippen molar-refractivity contribution in [2.45, 2.75) is 25.1 Å². The smallest absolute Gasteiger partial charge is 0.338 e. The van der Waals surface area contributed by atoms with Crippen LogP contribution in [0.25, 0.3) is 11.0 Å². The number of hydrogen-bond acceptors (Lipinski definition) is 4. The number of benzene rings is 1. The maximum Gasteiger partial charge on any atom is 0.416 e. The van der Waals surface area contributed by atoms with Crippen molar-refractivity contribution >= 4 is 28.3 Å². The fraction of sp³-hybridized carbons (Fsp3) is 0.353. The Hall–Kier alpha value is -2.42. The maximum atomic E-state index is 12.8. The Kier molecular flexibility index (Phi) is 4.18. The highest BCUT2D eigenvalue weighted by atomic mass is 32.1. The Bertz CT molecular complexity index is 927. The first-order chi connectivity index (χ1) is 12.4. The van der Waals surface area contributed by atoms with Crippen molar-refractivity contribution < 1.29 is 18.0 Å².